The van der Waals surface area contributed by atoms with Crippen LogP contribution in [0, 0.1) is 26.6 Å². The molecule has 0 spiro atoms. The van der Waals surface area contributed by atoms with Crippen LogP contribution < -0.4 is 10.5 Å². The van der Waals surface area contributed by atoms with Crippen molar-refractivity contribution in [3.8, 4) is 5.75 Å². The highest BCUT2D eigenvalue weighted by Crippen LogP contribution is 2.22. The van der Waals surface area contributed by atoms with Crippen LogP contribution in [0.5, 0.6) is 5.75 Å². The first-order valence-corrected chi connectivity index (χ1v) is 6.08. The molecule has 1 aromatic carbocycles. The van der Waals surface area contributed by atoms with Crippen LogP contribution in [0.4, 0.5) is 10.1 Å². The van der Waals surface area contributed by atoms with Crippen molar-refractivity contribution in [2.24, 2.45) is 0 Å². The average molecular weight is 260 g/mol. The number of ether oxygens (including phenoxy) is 1. The molecule has 2 aromatic rings. The summed E-state index contributed by atoms with van der Waals surface area (Å²) in [6, 6.07) is 4.77. The number of anilines is 1. The number of pyridine rings is 1. The van der Waals surface area contributed by atoms with Gasteiger partial charge in [0.15, 0.2) is 11.6 Å². The summed E-state index contributed by atoms with van der Waals surface area (Å²) in [6.07, 6.45) is 1.70. The Hall–Kier alpha value is -2.10. The van der Waals surface area contributed by atoms with E-state index in [1.165, 1.54) is 6.07 Å². The van der Waals surface area contributed by atoms with Gasteiger partial charge in [0, 0.05) is 11.9 Å². The van der Waals surface area contributed by atoms with Crippen LogP contribution in [-0.4, -0.2) is 4.98 Å². The van der Waals surface area contributed by atoms with Crippen molar-refractivity contribution in [2.75, 3.05) is 5.73 Å². The van der Waals surface area contributed by atoms with Gasteiger partial charge < -0.3 is 10.5 Å². The smallest absolute Gasteiger partial charge is 0.165 e. The fourth-order valence-electron chi connectivity index (χ4n) is 1.81. The van der Waals surface area contributed by atoms with E-state index in [4.69, 9.17) is 10.5 Å². The van der Waals surface area contributed by atoms with Gasteiger partial charge in [-0.3, -0.25) is 4.98 Å². The minimum Gasteiger partial charge on any atom is -0.484 e. The first-order chi connectivity index (χ1) is 8.99. The molecule has 0 amide bonds. The van der Waals surface area contributed by atoms with Crippen molar-refractivity contribution in [1.82, 2.24) is 4.98 Å². The van der Waals surface area contributed by atoms with Gasteiger partial charge in [0.1, 0.15) is 6.61 Å². The molecule has 2 N–H and O–H groups in total. The van der Waals surface area contributed by atoms with E-state index in [0.717, 1.165) is 22.4 Å². The number of hydrogen-bond donors (Lipinski definition) is 1. The molecule has 3 nitrogen and oxygen atoms in total. The summed E-state index contributed by atoms with van der Waals surface area (Å²) in [4.78, 5) is 4.28. The molecule has 0 saturated carbocycles. The number of aryl methyl sites for hydroxylation is 2. The molecule has 0 saturated heterocycles. The molecule has 0 fully saturated rings. The lowest BCUT2D eigenvalue weighted by atomic mass is 10.1. The Balaban J connectivity index is 2.19. The lowest BCUT2D eigenvalue weighted by Crippen LogP contribution is -2.06. The van der Waals surface area contributed by atoms with Crippen molar-refractivity contribution in [3.63, 3.8) is 0 Å². The molecule has 1 heterocycles. The Kier molecular flexibility index (Phi) is 3.69. The van der Waals surface area contributed by atoms with Gasteiger partial charge in [-0.25, -0.2) is 4.39 Å². The van der Waals surface area contributed by atoms with Crippen LogP contribution >= 0.6 is 0 Å². The topological polar surface area (TPSA) is 48.1 Å². The normalized spacial score (nSPS) is 10.5. The number of aromatic nitrogens is 1. The molecule has 100 valence electrons. The zero-order valence-electron chi connectivity index (χ0n) is 11.3. The predicted octanol–water partition coefficient (Wildman–Crippen LogP) is 3.31. The molecule has 4 heteroatoms. The average Bonchev–Trinajstić information content (AvgIpc) is 2.39. The van der Waals surface area contributed by atoms with E-state index in [9.17, 15) is 4.39 Å². The van der Waals surface area contributed by atoms with Crippen molar-refractivity contribution >= 4 is 5.69 Å². The van der Waals surface area contributed by atoms with E-state index in [1.807, 2.05) is 20.8 Å². The Morgan fingerprint density at radius 2 is 2.00 bits per heavy atom. The molecule has 0 atom stereocenters. The van der Waals surface area contributed by atoms with Gasteiger partial charge in [-0.1, -0.05) is 6.07 Å². The van der Waals surface area contributed by atoms with Gasteiger partial charge in [-0.2, -0.15) is 0 Å². The van der Waals surface area contributed by atoms with Crippen LogP contribution in [0.2, 0.25) is 0 Å². The maximum atomic E-state index is 13.5. The molecular weight excluding hydrogens is 243 g/mol. The molecule has 19 heavy (non-hydrogen) atoms. The van der Waals surface area contributed by atoms with E-state index in [0.29, 0.717) is 5.69 Å². The monoisotopic (exact) mass is 260 g/mol. The van der Waals surface area contributed by atoms with Crippen LogP contribution in [0.15, 0.2) is 24.4 Å². The summed E-state index contributed by atoms with van der Waals surface area (Å²) in [5.41, 5.74) is 10.1. The van der Waals surface area contributed by atoms with Crippen molar-refractivity contribution in [2.45, 2.75) is 27.4 Å². The fourth-order valence-corrected chi connectivity index (χ4v) is 1.81. The molecule has 0 radical (unpaired) electrons. The summed E-state index contributed by atoms with van der Waals surface area (Å²) in [7, 11) is 0. The summed E-state index contributed by atoms with van der Waals surface area (Å²) in [5.74, 6) is -0.135. The minimum atomic E-state index is -0.372. The number of halogens is 1. The van der Waals surface area contributed by atoms with Gasteiger partial charge in [0.05, 0.1) is 5.69 Å². The first kappa shape index (κ1) is 13.3. The molecule has 2 rings (SSSR count). The van der Waals surface area contributed by atoms with Crippen molar-refractivity contribution in [1.29, 1.82) is 0 Å². The second kappa shape index (κ2) is 5.26. The summed E-state index contributed by atoms with van der Waals surface area (Å²) >= 11 is 0. The number of nitrogens with two attached hydrogens (primary N) is 1. The minimum absolute atomic E-state index is 0.205. The predicted molar refractivity (Wildman–Crippen MR) is 73.6 cm³/mol. The van der Waals surface area contributed by atoms with Gasteiger partial charge in [-0.05, 0) is 49.6 Å². The zero-order valence-corrected chi connectivity index (χ0v) is 11.3. The number of hydrogen-bond acceptors (Lipinski definition) is 3. The van der Waals surface area contributed by atoms with Crippen LogP contribution in [0.1, 0.15) is 22.4 Å². The van der Waals surface area contributed by atoms with Crippen LogP contribution in [0.25, 0.3) is 0 Å². The second-order valence-electron chi connectivity index (χ2n) is 4.65. The SMILES string of the molecule is Cc1ccc(F)c(OCc2ncc(C)c(N)c2C)c1. The Morgan fingerprint density at radius 1 is 1.26 bits per heavy atom. The third-order valence-corrected chi connectivity index (χ3v) is 3.13. The van der Waals surface area contributed by atoms with Gasteiger partial charge >= 0.3 is 0 Å². The van der Waals surface area contributed by atoms with E-state index in [2.05, 4.69) is 4.98 Å². The molecule has 0 aliphatic carbocycles. The van der Waals surface area contributed by atoms with Crippen molar-refractivity contribution < 1.29 is 9.13 Å². The Labute approximate surface area is 112 Å². The molecule has 0 bridgehead atoms. The van der Waals surface area contributed by atoms with Gasteiger partial charge in [-0.15, -0.1) is 0 Å². The van der Waals surface area contributed by atoms with Crippen LogP contribution in [0.3, 0.4) is 0 Å². The summed E-state index contributed by atoms with van der Waals surface area (Å²) in [5, 5.41) is 0. The summed E-state index contributed by atoms with van der Waals surface area (Å²) < 4.78 is 19.0. The highest BCUT2D eigenvalue weighted by molar-refractivity contribution is 5.53. The fraction of sp³-hybridized carbons (Fsp3) is 0.267. The highest BCUT2D eigenvalue weighted by atomic mass is 19.1. The largest absolute Gasteiger partial charge is 0.484 e. The first-order valence-electron chi connectivity index (χ1n) is 6.08. The maximum Gasteiger partial charge on any atom is 0.165 e. The number of nitrogen functional groups attached to an aromatic ring is 1. The Morgan fingerprint density at radius 3 is 2.74 bits per heavy atom. The third-order valence-electron chi connectivity index (χ3n) is 3.13. The molecule has 0 aliphatic rings. The molecular formula is C15H17FN2O. The van der Waals surface area contributed by atoms with Gasteiger partial charge in [0.25, 0.3) is 0 Å². The van der Waals surface area contributed by atoms with Crippen LogP contribution in [-0.2, 0) is 6.61 Å². The zero-order chi connectivity index (χ0) is 14.0. The standard InChI is InChI=1S/C15H17FN2O/c1-9-4-5-12(16)14(6-9)19-8-13-11(3)15(17)10(2)7-18-13/h4-7H,8H2,1-3H3,(H2,17,18). The maximum absolute atomic E-state index is 13.5. The lowest BCUT2D eigenvalue weighted by Gasteiger charge is -2.12. The number of rotatable bonds is 3. The van der Waals surface area contributed by atoms with E-state index >= 15 is 0 Å². The van der Waals surface area contributed by atoms with E-state index < -0.39 is 0 Å². The van der Waals surface area contributed by atoms with Crippen molar-refractivity contribution in [3.05, 3.63) is 52.6 Å². The molecule has 1 aromatic heterocycles. The Bertz CT molecular complexity index is 611. The quantitative estimate of drug-likeness (QED) is 0.921. The number of benzene rings is 1. The third kappa shape index (κ3) is 2.84. The summed E-state index contributed by atoms with van der Waals surface area (Å²) in [6.45, 7) is 5.89. The van der Waals surface area contributed by atoms with E-state index in [-0.39, 0.29) is 18.2 Å². The highest BCUT2D eigenvalue weighted by Gasteiger charge is 2.09. The molecule has 0 unspecified atom stereocenters. The number of nitrogens with zero attached hydrogens (tertiary/aromatic N) is 1. The molecule has 0 aliphatic heterocycles. The second-order valence-corrected chi connectivity index (χ2v) is 4.65. The lowest BCUT2D eigenvalue weighted by molar-refractivity contribution is 0.285. The van der Waals surface area contributed by atoms with E-state index in [1.54, 1.807) is 18.3 Å². The van der Waals surface area contributed by atoms with Gasteiger partial charge in [0.2, 0.25) is 0 Å².